The number of benzene rings is 3. The van der Waals surface area contributed by atoms with Gasteiger partial charge >= 0.3 is 12.1 Å². The number of aromatic nitrogens is 3. The van der Waals surface area contributed by atoms with Gasteiger partial charge in [0, 0.05) is 22.7 Å². The van der Waals surface area contributed by atoms with Gasteiger partial charge in [-0.05, 0) is 49.4 Å². The minimum Gasteiger partial charge on any atom is -0.481 e. The number of hydrogen-bond acceptors (Lipinski definition) is 7. The fourth-order valence-electron chi connectivity index (χ4n) is 5.01. The van der Waals surface area contributed by atoms with Crippen molar-refractivity contribution in [2.75, 3.05) is 5.32 Å². The highest BCUT2D eigenvalue weighted by Gasteiger charge is 2.51. The Morgan fingerprint density at radius 1 is 1.02 bits per heavy atom. The van der Waals surface area contributed by atoms with Crippen LogP contribution in [0.1, 0.15) is 42.7 Å². The summed E-state index contributed by atoms with van der Waals surface area (Å²) in [5.74, 6) is -0.423. The number of aliphatic carboxylic acids is 1. The van der Waals surface area contributed by atoms with Gasteiger partial charge in [-0.15, -0.1) is 0 Å². The van der Waals surface area contributed by atoms with Gasteiger partial charge in [-0.2, -0.15) is 0 Å². The minimum absolute atomic E-state index is 0.362. The van der Waals surface area contributed by atoms with E-state index in [2.05, 4.69) is 20.4 Å². The third kappa shape index (κ3) is 4.45. The average molecular weight is 535 g/mol. The third-order valence-electron chi connectivity index (χ3n) is 7.47. The van der Waals surface area contributed by atoms with Crippen LogP contribution in [-0.2, 0) is 14.9 Å². The van der Waals surface area contributed by atoms with E-state index >= 15 is 0 Å². The second kappa shape index (κ2) is 9.92. The maximum Gasteiger partial charge on any atom is 0.412 e. The lowest BCUT2D eigenvalue weighted by atomic mass is 9.92. The van der Waals surface area contributed by atoms with E-state index in [4.69, 9.17) is 9.26 Å². The molecule has 1 saturated carbocycles. The Hall–Kier alpha value is -5.05. The van der Waals surface area contributed by atoms with Crippen LogP contribution in [-0.4, -0.2) is 32.3 Å². The van der Waals surface area contributed by atoms with Gasteiger partial charge in [0.1, 0.15) is 23.8 Å². The number of ether oxygens (including phenoxy) is 1. The summed E-state index contributed by atoms with van der Waals surface area (Å²) in [4.78, 5) is 33.3. The normalized spacial score (nSPS) is 14.4. The Kier molecular flexibility index (Phi) is 6.26. The third-order valence-corrected chi connectivity index (χ3v) is 7.47. The van der Waals surface area contributed by atoms with Gasteiger partial charge in [0.2, 0.25) is 0 Å². The molecule has 0 radical (unpaired) electrons. The summed E-state index contributed by atoms with van der Waals surface area (Å²) in [5.41, 5.74) is 4.90. The molecule has 0 bridgehead atoms. The SMILES string of the molecule is Cc1noc(-c2ccc(-c3ccc(C4(C(=O)O)CC4)cc3)c3ncncc23)c1NC(=O)OC(C)c1ccccc1. The predicted octanol–water partition coefficient (Wildman–Crippen LogP) is 6.69. The molecule has 2 heterocycles. The van der Waals surface area contributed by atoms with E-state index < -0.39 is 23.6 Å². The van der Waals surface area contributed by atoms with Crippen LogP contribution >= 0.6 is 0 Å². The van der Waals surface area contributed by atoms with E-state index in [1.165, 1.54) is 6.33 Å². The van der Waals surface area contributed by atoms with Crippen molar-refractivity contribution in [3.05, 3.63) is 96.1 Å². The van der Waals surface area contributed by atoms with E-state index in [0.717, 1.165) is 22.3 Å². The van der Waals surface area contributed by atoms with Crippen LogP contribution < -0.4 is 5.32 Å². The zero-order valence-electron chi connectivity index (χ0n) is 21.9. The average Bonchev–Trinajstić information content (AvgIpc) is 3.72. The Morgan fingerprint density at radius 3 is 2.45 bits per heavy atom. The number of fused-ring (bicyclic) bond motifs is 1. The lowest BCUT2D eigenvalue weighted by Gasteiger charge is -2.15. The first-order valence-electron chi connectivity index (χ1n) is 12.9. The molecular formula is C31H26N4O5. The maximum atomic E-state index is 12.8. The standard InChI is InChI=1S/C31H26N4O5/c1-18-26(34-30(38)39-19(2)20-6-4-3-5-7-20)28(40-35-18)24-13-12-23(27-25(24)16-32-17-33-27)21-8-10-22(11-9-21)31(14-15-31)29(36)37/h3-13,16-17,19H,14-15H2,1-2H3,(H,34,38)(H,36,37). The molecule has 5 aromatic rings. The highest BCUT2D eigenvalue weighted by atomic mass is 16.6. The Bertz CT molecular complexity index is 1730. The number of nitrogens with zero attached hydrogens (tertiary/aromatic N) is 3. The fraction of sp³-hybridized carbons (Fsp3) is 0.194. The smallest absolute Gasteiger partial charge is 0.412 e. The van der Waals surface area contributed by atoms with E-state index in [9.17, 15) is 14.7 Å². The largest absolute Gasteiger partial charge is 0.481 e. The molecule has 2 aromatic heterocycles. The summed E-state index contributed by atoms with van der Waals surface area (Å²) in [7, 11) is 0. The lowest BCUT2D eigenvalue weighted by molar-refractivity contribution is -0.140. The van der Waals surface area contributed by atoms with Gasteiger partial charge in [0.15, 0.2) is 5.76 Å². The molecule has 0 spiro atoms. The monoisotopic (exact) mass is 534 g/mol. The first kappa shape index (κ1) is 25.2. The van der Waals surface area contributed by atoms with Crippen molar-refractivity contribution < 1.29 is 24.0 Å². The number of carboxylic acids is 1. The number of rotatable bonds is 7. The molecule has 9 nitrogen and oxygen atoms in total. The van der Waals surface area contributed by atoms with Crippen LogP contribution in [0.2, 0.25) is 0 Å². The van der Waals surface area contributed by atoms with Crippen LogP contribution in [0.15, 0.2) is 83.8 Å². The molecule has 1 atom stereocenters. The van der Waals surface area contributed by atoms with E-state index in [-0.39, 0.29) is 0 Å². The molecule has 1 aliphatic carbocycles. The molecule has 6 rings (SSSR count). The second-order valence-electron chi connectivity index (χ2n) is 9.97. The number of carboxylic acid groups (broad SMARTS) is 1. The van der Waals surface area contributed by atoms with Gasteiger partial charge in [-0.1, -0.05) is 65.8 Å². The van der Waals surface area contributed by atoms with Crippen LogP contribution in [0, 0.1) is 6.92 Å². The highest BCUT2D eigenvalue weighted by molar-refractivity contribution is 6.04. The predicted molar refractivity (Wildman–Crippen MR) is 149 cm³/mol. The molecule has 3 aromatic carbocycles. The molecule has 0 aliphatic heterocycles. The van der Waals surface area contributed by atoms with Crippen molar-refractivity contribution in [3.8, 4) is 22.5 Å². The van der Waals surface area contributed by atoms with E-state index in [1.54, 1.807) is 20.0 Å². The lowest BCUT2D eigenvalue weighted by Crippen LogP contribution is -2.19. The van der Waals surface area contributed by atoms with Crippen LogP contribution in [0.3, 0.4) is 0 Å². The molecule has 2 N–H and O–H groups in total. The van der Waals surface area contributed by atoms with Crippen LogP contribution in [0.5, 0.6) is 0 Å². The van der Waals surface area contributed by atoms with Crippen LogP contribution in [0.25, 0.3) is 33.4 Å². The summed E-state index contributed by atoms with van der Waals surface area (Å²) in [6.45, 7) is 3.54. The summed E-state index contributed by atoms with van der Waals surface area (Å²) >= 11 is 0. The van der Waals surface area contributed by atoms with Crippen LogP contribution in [0.4, 0.5) is 10.5 Å². The van der Waals surface area contributed by atoms with Gasteiger partial charge < -0.3 is 14.4 Å². The molecule has 1 unspecified atom stereocenters. The number of aryl methyl sites for hydroxylation is 1. The van der Waals surface area contributed by atoms with Gasteiger partial charge in [-0.3, -0.25) is 10.1 Å². The molecule has 1 fully saturated rings. The number of anilines is 1. The Morgan fingerprint density at radius 2 is 1.75 bits per heavy atom. The summed E-state index contributed by atoms with van der Waals surface area (Å²) < 4.78 is 11.3. The summed E-state index contributed by atoms with van der Waals surface area (Å²) in [6, 6.07) is 20.9. The first-order chi connectivity index (χ1) is 19.4. The topological polar surface area (TPSA) is 127 Å². The van der Waals surface area contributed by atoms with Gasteiger partial charge in [0.25, 0.3) is 0 Å². The number of carbonyl (C=O) groups excluding carboxylic acids is 1. The number of amides is 1. The second-order valence-corrected chi connectivity index (χ2v) is 9.97. The number of nitrogens with one attached hydrogen (secondary N) is 1. The van der Waals surface area contributed by atoms with E-state index in [1.807, 2.05) is 66.7 Å². The number of hydrogen-bond donors (Lipinski definition) is 2. The first-order valence-corrected chi connectivity index (χ1v) is 12.9. The summed E-state index contributed by atoms with van der Waals surface area (Å²) in [5, 5.41) is 17.2. The maximum absolute atomic E-state index is 12.8. The minimum atomic E-state index is -0.784. The Labute approximate surface area is 229 Å². The van der Waals surface area contributed by atoms with Gasteiger partial charge in [-0.25, -0.2) is 14.8 Å². The quantitative estimate of drug-likeness (QED) is 0.236. The molecule has 0 saturated heterocycles. The summed E-state index contributed by atoms with van der Waals surface area (Å²) in [6.07, 6.45) is 3.39. The number of carbonyl (C=O) groups is 2. The molecule has 1 amide bonds. The zero-order valence-corrected chi connectivity index (χ0v) is 21.9. The van der Waals surface area contributed by atoms with Crippen molar-refractivity contribution in [3.63, 3.8) is 0 Å². The Balaban J connectivity index is 1.32. The highest BCUT2D eigenvalue weighted by Crippen LogP contribution is 2.49. The van der Waals surface area contributed by atoms with Gasteiger partial charge in [0.05, 0.1) is 10.9 Å². The molecule has 40 heavy (non-hydrogen) atoms. The van der Waals surface area contributed by atoms with Crippen molar-refractivity contribution in [1.29, 1.82) is 0 Å². The van der Waals surface area contributed by atoms with Crippen molar-refractivity contribution >= 4 is 28.7 Å². The molecule has 9 heteroatoms. The van der Waals surface area contributed by atoms with Crippen molar-refractivity contribution in [2.24, 2.45) is 0 Å². The molecular weight excluding hydrogens is 508 g/mol. The van der Waals surface area contributed by atoms with Crippen molar-refractivity contribution in [2.45, 2.75) is 38.2 Å². The zero-order chi connectivity index (χ0) is 27.9. The molecule has 200 valence electrons. The van der Waals surface area contributed by atoms with Crippen molar-refractivity contribution in [1.82, 2.24) is 15.1 Å². The fourth-order valence-corrected chi connectivity index (χ4v) is 5.01. The van der Waals surface area contributed by atoms with E-state index in [0.29, 0.717) is 46.4 Å². The molecule has 1 aliphatic rings.